The molecule has 0 bridgehead atoms. The Balaban J connectivity index is 1.91. The number of aromatic nitrogens is 2. The molecule has 110 valence electrons. The molecule has 0 fully saturated rings. The van der Waals surface area contributed by atoms with E-state index in [1.54, 1.807) is 7.11 Å². The summed E-state index contributed by atoms with van der Waals surface area (Å²) in [5.41, 5.74) is 2.30. The van der Waals surface area contributed by atoms with Crippen LogP contribution < -0.4 is 5.32 Å². The number of methoxy groups -OCH3 is 1. The van der Waals surface area contributed by atoms with Gasteiger partial charge in [-0.25, -0.2) is 0 Å². The zero-order valence-electron chi connectivity index (χ0n) is 12.6. The van der Waals surface area contributed by atoms with Crippen molar-refractivity contribution in [3.63, 3.8) is 0 Å². The van der Waals surface area contributed by atoms with Crippen molar-refractivity contribution in [3.8, 4) is 0 Å². The van der Waals surface area contributed by atoms with E-state index < -0.39 is 0 Å². The maximum absolute atomic E-state index is 5.18. The van der Waals surface area contributed by atoms with Crippen molar-refractivity contribution >= 4 is 0 Å². The molecule has 2 heterocycles. The van der Waals surface area contributed by atoms with E-state index in [1.807, 2.05) is 6.07 Å². The summed E-state index contributed by atoms with van der Waals surface area (Å²) in [6, 6.07) is 4.05. The molecular formula is C15H23N3O2. The first-order chi connectivity index (χ1) is 9.46. The summed E-state index contributed by atoms with van der Waals surface area (Å²) in [5.74, 6) is 0.754. The number of nitrogens with zero attached hydrogens (tertiary/aromatic N) is 2. The number of ether oxygens (including phenoxy) is 1. The summed E-state index contributed by atoms with van der Waals surface area (Å²) in [6.45, 7) is 8.52. The molecule has 0 saturated carbocycles. The number of hydrogen-bond acceptors (Lipinski definition) is 4. The summed E-state index contributed by atoms with van der Waals surface area (Å²) >= 11 is 0. The van der Waals surface area contributed by atoms with Gasteiger partial charge in [0.05, 0.1) is 6.54 Å². The average Bonchev–Trinajstić information content (AvgIpc) is 2.97. The van der Waals surface area contributed by atoms with Gasteiger partial charge < -0.3 is 19.1 Å². The molecule has 0 aliphatic heterocycles. The maximum atomic E-state index is 5.18. The lowest BCUT2D eigenvalue weighted by Gasteiger charge is -2.19. The van der Waals surface area contributed by atoms with Crippen LogP contribution >= 0.6 is 0 Å². The van der Waals surface area contributed by atoms with E-state index >= 15 is 0 Å². The second-order valence-corrected chi connectivity index (χ2v) is 6.01. The lowest BCUT2D eigenvalue weighted by molar-refractivity contribution is 0.155. The van der Waals surface area contributed by atoms with Gasteiger partial charge in [-0.2, -0.15) is 0 Å². The molecule has 2 aromatic heterocycles. The molecule has 5 nitrogen and oxygen atoms in total. The molecule has 0 aromatic carbocycles. The van der Waals surface area contributed by atoms with Crippen LogP contribution in [0.4, 0.5) is 0 Å². The normalized spacial score (nSPS) is 12.0. The van der Waals surface area contributed by atoms with Crippen LogP contribution in [-0.2, 0) is 24.4 Å². The Bertz CT molecular complexity index is 537. The highest BCUT2D eigenvalue weighted by atomic mass is 16.5. The standard InChI is InChI=1S/C15H23N3O2/c1-15(2,3)16-8-12-5-6-18(9-12)10-13-7-14(11-19-4)20-17-13/h5-7,9,16H,8,10-11H2,1-4H3. The summed E-state index contributed by atoms with van der Waals surface area (Å²) < 4.78 is 12.3. The second-order valence-electron chi connectivity index (χ2n) is 6.01. The summed E-state index contributed by atoms with van der Waals surface area (Å²) in [7, 11) is 1.64. The average molecular weight is 277 g/mol. The van der Waals surface area contributed by atoms with Gasteiger partial charge >= 0.3 is 0 Å². The minimum atomic E-state index is 0.128. The van der Waals surface area contributed by atoms with Crippen molar-refractivity contribution in [1.29, 1.82) is 0 Å². The molecule has 0 spiro atoms. The Hall–Kier alpha value is -1.59. The third-order valence-corrected chi connectivity index (χ3v) is 2.87. The van der Waals surface area contributed by atoms with Gasteiger partial charge in [-0.1, -0.05) is 5.16 Å². The smallest absolute Gasteiger partial charge is 0.162 e. The Kier molecular flexibility index (Phi) is 4.62. The zero-order valence-corrected chi connectivity index (χ0v) is 12.6. The van der Waals surface area contributed by atoms with Crippen molar-refractivity contribution in [2.45, 2.75) is 46.0 Å². The number of hydrogen-bond donors (Lipinski definition) is 1. The summed E-state index contributed by atoms with van der Waals surface area (Å²) in [6.07, 6.45) is 4.19. The highest BCUT2D eigenvalue weighted by Crippen LogP contribution is 2.09. The molecule has 0 atom stereocenters. The lowest BCUT2D eigenvalue weighted by Crippen LogP contribution is -2.34. The Morgan fingerprint density at radius 2 is 2.20 bits per heavy atom. The molecule has 0 aliphatic carbocycles. The van der Waals surface area contributed by atoms with Crippen molar-refractivity contribution in [2.24, 2.45) is 0 Å². The van der Waals surface area contributed by atoms with Crippen molar-refractivity contribution in [2.75, 3.05) is 7.11 Å². The first-order valence-electron chi connectivity index (χ1n) is 6.79. The third kappa shape index (κ3) is 4.51. The molecule has 20 heavy (non-hydrogen) atoms. The molecule has 0 amide bonds. The Labute approximate surface area is 119 Å². The Morgan fingerprint density at radius 1 is 1.40 bits per heavy atom. The van der Waals surface area contributed by atoms with Gasteiger partial charge in [0, 0.05) is 37.7 Å². The van der Waals surface area contributed by atoms with E-state index in [-0.39, 0.29) is 5.54 Å². The quantitative estimate of drug-likeness (QED) is 0.881. The van der Waals surface area contributed by atoms with E-state index in [1.165, 1.54) is 5.56 Å². The van der Waals surface area contributed by atoms with Crippen LogP contribution in [0.25, 0.3) is 0 Å². The SMILES string of the molecule is COCc1cc(Cn2ccc(CNC(C)(C)C)c2)no1. The molecule has 0 unspecified atom stereocenters. The van der Waals surface area contributed by atoms with Crippen LogP contribution in [0.2, 0.25) is 0 Å². The topological polar surface area (TPSA) is 52.2 Å². The van der Waals surface area contributed by atoms with Gasteiger partial charge in [0.1, 0.15) is 12.3 Å². The van der Waals surface area contributed by atoms with Crippen LogP contribution in [-0.4, -0.2) is 22.4 Å². The first-order valence-corrected chi connectivity index (χ1v) is 6.79. The Morgan fingerprint density at radius 3 is 2.90 bits per heavy atom. The predicted molar refractivity (Wildman–Crippen MR) is 77.3 cm³/mol. The molecule has 5 heteroatoms. The van der Waals surface area contributed by atoms with Crippen molar-refractivity contribution in [3.05, 3.63) is 41.5 Å². The largest absolute Gasteiger partial charge is 0.377 e. The monoisotopic (exact) mass is 277 g/mol. The zero-order chi connectivity index (χ0) is 14.6. The third-order valence-electron chi connectivity index (χ3n) is 2.87. The molecule has 2 rings (SSSR count). The van der Waals surface area contributed by atoms with Gasteiger partial charge in [0.25, 0.3) is 0 Å². The van der Waals surface area contributed by atoms with Crippen molar-refractivity contribution in [1.82, 2.24) is 15.0 Å². The van der Waals surface area contributed by atoms with E-state index in [9.17, 15) is 0 Å². The fourth-order valence-corrected chi connectivity index (χ4v) is 1.89. The van der Waals surface area contributed by atoms with E-state index in [0.29, 0.717) is 13.2 Å². The molecule has 0 saturated heterocycles. The summed E-state index contributed by atoms with van der Waals surface area (Å²) in [4.78, 5) is 0. The van der Waals surface area contributed by atoms with Crippen LogP contribution in [0.5, 0.6) is 0 Å². The maximum Gasteiger partial charge on any atom is 0.162 e. The van der Waals surface area contributed by atoms with Gasteiger partial charge in [-0.3, -0.25) is 0 Å². The minimum absolute atomic E-state index is 0.128. The number of rotatable bonds is 6. The molecule has 1 N–H and O–H groups in total. The second kappa shape index (κ2) is 6.24. The molecular weight excluding hydrogens is 254 g/mol. The lowest BCUT2D eigenvalue weighted by atomic mass is 10.1. The summed E-state index contributed by atoms with van der Waals surface area (Å²) in [5, 5.41) is 7.51. The van der Waals surface area contributed by atoms with Crippen molar-refractivity contribution < 1.29 is 9.26 Å². The molecule has 0 aliphatic rings. The fourth-order valence-electron chi connectivity index (χ4n) is 1.89. The molecule has 2 aromatic rings. The van der Waals surface area contributed by atoms with Gasteiger partial charge in [-0.15, -0.1) is 0 Å². The highest BCUT2D eigenvalue weighted by Gasteiger charge is 2.09. The van der Waals surface area contributed by atoms with Crippen LogP contribution in [0.15, 0.2) is 29.0 Å². The predicted octanol–water partition coefficient (Wildman–Crippen LogP) is 2.56. The van der Waals surface area contributed by atoms with Crippen LogP contribution in [0.1, 0.15) is 37.8 Å². The van der Waals surface area contributed by atoms with E-state index in [0.717, 1.165) is 18.0 Å². The highest BCUT2D eigenvalue weighted by molar-refractivity contribution is 5.13. The van der Waals surface area contributed by atoms with E-state index in [4.69, 9.17) is 9.26 Å². The molecule has 0 radical (unpaired) electrons. The fraction of sp³-hybridized carbons (Fsp3) is 0.533. The van der Waals surface area contributed by atoms with E-state index in [2.05, 4.69) is 54.3 Å². The van der Waals surface area contributed by atoms with Crippen LogP contribution in [0, 0.1) is 0 Å². The number of nitrogens with one attached hydrogen (secondary N) is 1. The van der Waals surface area contributed by atoms with Gasteiger partial charge in [0.2, 0.25) is 0 Å². The minimum Gasteiger partial charge on any atom is -0.377 e. The first kappa shape index (κ1) is 14.8. The van der Waals surface area contributed by atoms with Gasteiger partial charge in [0.15, 0.2) is 5.76 Å². The van der Waals surface area contributed by atoms with Crippen LogP contribution in [0.3, 0.4) is 0 Å². The van der Waals surface area contributed by atoms with Gasteiger partial charge in [-0.05, 0) is 32.4 Å².